The van der Waals surface area contributed by atoms with Gasteiger partial charge in [0.1, 0.15) is 11.6 Å². The Morgan fingerprint density at radius 2 is 1.90 bits per heavy atom. The fourth-order valence-electron chi connectivity index (χ4n) is 2.26. The molecule has 116 valence electrons. The number of rotatable bonds is 3. The van der Waals surface area contributed by atoms with Crippen molar-refractivity contribution in [3.05, 3.63) is 28.2 Å². The summed E-state index contributed by atoms with van der Waals surface area (Å²) in [6.07, 6.45) is 0. The predicted octanol–water partition coefficient (Wildman–Crippen LogP) is 2.35. The van der Waals surface area contributed by atoms with Crippen molar-refractivity contribution in [2.24, 2.45) is 0 Å². The van der Waals surface area contributed by atoms with Crippen LogP contribution in [-0.2, 0) is 4.79 Å². The molecule has 0 aliphatic carbocycles. The first-order chi connectivity index (χ1) is 9.82. The van der Waals surface area contributed by atoms with Gasteiger partial charge in [-0.3, -0.25) is 9.69 Å². The zero-order valence-corrected chi connectivity index (χ0v) is 13.6. The first-order valence-corrected chi connectivity index (χ1v) is 7.53. The lowest BCUT2D eigenvalue weighted by molar-refractivity contribution is -0.126. The van der Waals surface area contributed by atoms with Crippen LogP contribution in [0.4, 0.5) is 14.5 Å². The molecule has 2 rings (SSSR count). The van der Waals surface area contributed by atoms with E-state index in [1.165, 1.54) is 0 Å². The molecule has 2 N–H and O–H groups in total. The minimum absolute atomic E-state index is 0.0272. The molecule has 0 spiro atoms. The smallest absolute Gasteiger partial charge is 0.244 e. The number of anilines is 1. The zero-order chi connectivity index (χ0) is 15.6. The molecule has 21 heavy (non-hydrogen) atoms. The van der Waals surface area contributed by atoms with Gasteiger partial charge >= 0.3 is 0 Å². The van der Waals surface area contributed by atoms with Gasteiger partial charge in [0.15, 0.2) is 0 Å². The van der Waals surface area contributed by atoms with Crippen molar-refractivity contribution in [3.8, 4) is 0 Å². The number of hydrogen-bond donors (Lipinski definition) is 2. The molecule has 1 aliphatic rings. The second kappa shape index (κ2) is 6.37. The van der Waals surface area contributed by atoms with Gasteiger partial charge in [0.25, 0.3) is 0 Å². The molecule has 1 aromatic carbocycles. The molecule has 0 atom stereocenters. The van der Waals surface area contributed by atoms with Gasteiger partial charge in [0.05, 0.1) is 15.7 Å². The molecule has 7 heteroatoms. The summed E-state index contributed by atoms with van der Waals surface area (Å²) in [6, 6.07) is 1.98. The molecule has 0 unspecified atom stereocenters. The Morgan fingerprint density at radius 1 is 1.29 bits per heavy atom. The van der Waals surface area contributed by atoms with Gasteiger partial charge in [0, 0.05) is 32.2 Å². The summed E-state index contributed by atoms with van der Waals surface area (Å²) >= 11 is 2.91. The maximum atomic E-state index is 13.8. The van der Waals surface area contributed by atoms with Crippen LogP contribution in [0.25, 0.3) is 0 Å². The molecular formula is C14H18BrF2N3O. The van der Waals surface area contributed by atoms with Crippen LogP contribution in [0.3, 0.4) is 0 Å². The summed E-state index contributed by atoms with van der Waals surface area (Å²) in [7, 11) is 0. The molecule has 1 saturated heterocycles. The number of hydrogen-bond acceptors (Lipinski definition) is 3. The van der Waals surface area contributed by atoms with E-state index in [-0.39, 0.29) is 16.1 Å². The van der Waals surface area contributed by atoms with Crippen molar-refractivity contribution in [2.45, 2.75) is 19.4 Å². The van der Waals surface area contributed by atoms with Crippen molar-refractivity contribution in [3.63, 3.8) is 0 Å². The number of nitrogens with one attached hydrogen (secondary N) is 2. The molecule has 1 heterocycles. The first kappa shape index (κ1) is 16.3. The van der Waals surface area contributed by atoms with Crippen molar-refractivity contribution < 1.29 is 13.6 Å². The van der Waals surface area contributed by atoms with Gasteiger partial charge < -0.3 is 10.6 Å². The molecule has 1 fully saturated rings. The third-order valence-corrected chi connectivity index (χ3v) is 4.33. The summed E-state index contributed by atoms with van der Waals surface area (Å²) in [5.74, 6) is -1.65. The Bertz CT molecular complexity index is 545. The third-order valence-electron chi connectivity index (χ3n) is 3.72. The van der Waals surface area contributed by atoms with Crippen molar-refractivity contribution >= 4 is 27.5 Å². The van der Waals surface area contributed by atoms with Crippen LogP contribution in [-0.4, -0.2) is 42.5 Å². The molecular weight excluding hydrogens is 344 g/mol. The quantitative estimate of drug-likeness (QED) is 0.812. The van der Waals surface area contributed by atoms with E-state index in [1.807, 2.05) is 4.90 Å². The summed E-state index contributed by atoms with van der Waals surface area (Å²) in [4.78, 5) is 14.4. The summed E-state index contributed by atoms with van der Waals surface area (Å²) in [5.41, 5.74) is -0.943. The number of carbonyl (C=O) groups is 1. The monoisotopic (exact) mass is 361 g/mol. The molecule has 1 aromatic rings. The minimum Gasteiger partial charge on any atom is -0.322 e. The van der Waals surface area contributed by atoms with E-state index in [0.717, 1.165) is 38.3 Å². The fraction of sp³-hybridized carbons (Fsp3) is 0.500. The maximum absolute atomic E-state index is 13.8. The Morgan fingerprint density at radius 3 is 2.52 bits per heavy atom. The highest BCUT2D eigenvalue weighted by atomic mass is 79.9. The van der Waals surface area contributed by atoms with Crippen LogP contribution in [0.1, 0.15) is 13.8 Å². The van der Waals surface area contributed by atoms with Crippen LogP contribution >= 0.6 is 15.9 Å². The second-order valence-electron chi connectivity index (χ2n) is 5.50. The molecule has 0 radical (unpaired) electrons. The van der Waals surface area contributed by atoms with E-state index in [4.69, 9.17) is 0 Å². The number of halogens is 3. The van der Waals surface area contributed by atoms with E-state index in [2.05, 4.69) is 26.6 Å². The van der Waals surface area contributed by atoms with E-state index in [0.29, 0.717) is 0 Å². The second-order valence-corrected chi connectivity index (χ2v) is 6.35. The molecule has 1 aliphatic heterocycles. The van der Waals surface area contributed by atoms with Gasteiger partial charge in [-0.05, 0) is 35.8 Å². The zero-order valence-electron chi connectivity index (χ0n) is 12.0. The average molecular weight is 362 g/mol. The third kappa shape index (κ3) is 3.59. The summed E-state index contributed by atoms with van der Waals surface area (Å²) in [6.45, 7) is 6.63. The lowest BCUT2D eigenvalue weighted by Gasteiger charge is -2.39. The molecule has 0 saturated carbocycles. The molecule has 1 amide bonds. The van der Waals surface area contributed by atoms with E-state index in [1.54, 1.807) is 13.8 Å². The van der Waals surface area contributed by atoms with Crippen LogP contribution in [0.15, 0.2) is 16.6 Å². The summed E-state index contributed by atoms with van der Waals surface area (Å²) in [5, 5.41) is 5.69. The van der Waals surface area contributed by atoms with Crippen LogP contribution in [0.2, 0.25) is 0 Å². The highest BCUT2D eigenvalue weighted by Gasteiger charge is 2.35. The van der Waals surface area contributed by atoms with E-state index in [9.17, 15) is 13.6 Å². The Kier molecular flexibility index (Phi) is 4.95. The van der Waals surface area contributed by atoms with Gasteiger partial charge in [-0.1, -0.05) is 0 Å². The van der Waals surface area contributed by atoms with Gasteiger partial charge in [-0.15, -0.1) is 0 Å². The SMILES string of the molecule is CC(C)(C(=O)Nc1cc(F)c(Br)cc1F)N1CCNCC1. The van der Waals surface area contributed by atoms with Crippen LogP contribution in [0.5, 0.6) is 0 Å². The molecule has 0 bridgehead atoms. The number of amides is 1. The fourth-order valence-corrected chi connectivity index (χ4v) is 2.58. The van der Waals surface area contributed by atoms with Crippen LogP contribution in [0, 0.1) is 11.6 Å². The maximum Gasteiger partial charge on any atom is 0.244 e. The van der Waals surface area contributed by atoms with Gasteiger partial charge in [-0.25, -0.2) is 8.78 Å². The average Bonchev–Trinajstić information content (AvgIpc) is 2.45. The Hall–Kier alpha value is -1.05. The number of nitrogens with zero attached hydrogens (tertiary/aromatic N) is 1. The van der Waals surface area contributed by atoms with Gasteiger partial charge in [-0.2, -0.15) is 0 Å². The highest BCUT2D eigenvalue weighted by Crippen LogP contribution is 2.25. The van der Waals surface area contributed by atoms with E-state index < -0.39 is 17.2 Å². The Balaban J connectivity index is 2.15. The van der Waals surface area contributed by atoms with Crippen molar-refractivity contribution in [2.75, 3.05) is 31.5 Å². The van der Waals surface area contributed by atoms with Crippen molar-refractivity contribution in [1.29, 1.82) is 0 Å². The topological polar surface area (TPSA) is 44.4 Å². The highest BCUT2D eigenvalue weighted by molar-refractivity contribution is 9.10. The lowest BCUT2D eigenvalue weighted by atomic mass is 10.00. The van der Waals surface area contributed by atoms with E-state index >= 15 is 0 Å². The number of piperazine rings is 1. The van der Waals surface area contributed by atoms with Gasteiger partial charge in [0.2, 0.25) is 5.91 Å². The first-order valence-electron chi connectivity index (χ1n) is 6.74. The number of carbonyl (C=O) groups excluding carboxylic acids is 1. The van der Waals surface area contributed by atoms with Crippen molar-refractivity contribution in [1.82, 2.24) is 10.2 Å². The van der Waals surface area contributed by atoms with Crippen LogP contribution < -0.4 is 10.6 Å². The Labute approximate surface area is 131 Å². The largest absolute Gasteiger partial charge is 0.322 e. The summed E-state index contributed by atoms with van der Waals surface area (Å²) < 4.78 is 27.3. The molecule has 4 nitrogen and oxygen atoms in total. The molecule has 0 aromatic heterocycles. The number of benzene rings is 1. The normalized spacial score (nSPS) is 16.8. The minimum atomic E-state index is -0.794. The standard InChI is InChI=1S/C14H18BrF2N3O/c1-14(2,20-5-3-18-4-6-20)13(21)19-12-8-10(16)9(15)7-11(12)17/h7-8,18H,3-6H2,1-2H3,(H,19,21). The predicted molar refractivity (Wildman–Crippen MR) is 81.2 cm³/mol. The lowest BCUT2D eigenvalue weighted by Crippen LogP contribution is -2.58.